The number of benzene rings is 2. The average molecular weight is 313 g/mol. The maximum absolute atomic E-state index is 9.01. The highest BCUT2D eigenvalue weighted by molar-refractivity contribution is 5.68. The second-order valence-electron chi connectivity index (χ2n) is 6.33. The van der Waals surface area contributed by atoms with Gasteiger partial charge in [-0.3, -0.25) is 0 Å². The van der Waals surface area contributed by atoms with Crippen LogP contribution in [0.25, 0.3) is 11.1 Å². The lowest BCUT2D eigenvalue weighted by Gasteiger charge is -2.22. The summed E-state index contributed by atoms with van der Waals surface area (Å²) in [6, 6.07) is 19.0. The van der Waals surface area contributed by atoms with Gasteiger partial charge in [0.25, 0.3) is 0 Å². The van der Waals surface area contributed by atoms with Crippen LogP contribution in [-0.2, 0) is 6.42 Å². The van der Waals surface area contributed by atoms with E-state index >= 15 is 0 Å². The first-order valence-corrected chi connectivity index (χ1v) is 8.47. The number of nitriles is 1. The van der Waals surface area contributed by atoms with Gasteiger partial charge in [-0.15, -0.1) is 0 Å². The molecule has 1 atom stereocenters. The molecule has 1 aliphatic heterocycles. The first kappa shape index (κ1) is 14.7. The van der Waals surface area contributed by atoms with Crippen molar-refractivity contribution >= 4 is 0 Å². The molecule has 0 spiro atoms. The summed E-state index contributed by atoms with van der Waals surface area (Å²) < 4.78 is 2.34. The van der Waals surface area contributed by atoms with Gasteiger partial charge < -0.3 is 4.57 Å². The fourth-order valence-corrected chi connectivity index (χ4v) is 3.67. The number of fused-ring (bicyclic) bond motifs is 1. The molecule has 0 saturated carbocycles. The SMILES string of the molecule is N#Cc1ccc(-c2ccccc2C2CCCCc3cncn32)cc1. The average Bonchev–Trinajstić information content (AvgIpc) is 3.01. The first-order valence-electron chi connectivity index (χ1n) is 8.47. The van der Waals surface area contributed by atoms with Crippen molar-refractivity contribution in [3.05, 3.63) is 77.9 Å². The Morgan fingerprint density at radius 3 is 2.71 bits per heavy atom. The van der Waals surface area contributed by atoms with E-state index in [1.54, 1.807) is 0 Å². The Hall–Kier alpha value is -2.86. The molecule has 2 aromatic carbocycles. The van der Waals surface area contributed by atoms with E-state index in [2.05, 4.69) is 39.9 Å². The van der Waals surface area contributed by atoms with Gasteiger partial charge in [-0.2, -0.15) is 5.26 Å². The zero-order valence-corrected chi connectivity index (χ0v) is 13.5. The third kappa shape index (κ3) is 2.61. The van der Waals surface area contributed by atoms with Gasteiger partial charge >= 0.3 is 0 Å². The number of imidazole rings is 1. The standard InChI is InChI=1S/C21H19N3/c22-13-16-9-11-17(12-10-16)19-6-2-3-7-20(19)21-8-4-1-5-18-14-23-15-24(18)21/h2-3,6-7,9-12,14-15,21H,1,4-5,8H2. The van der Waals surface area contributed by atoms with Crippen molar-refractivity contribution in [3.8, 4) is 17.2 Å². The molecule has 1 aliphatic rings. The normalized spacial score (nSPS) is 16.9. The van der Waals surface area contributed by atoms with Crippen LogP contribution < -0.4 is 0 Å². The summed E-state index contributed by atoms with van der Waals surface area (Å²) in [7, 11) is 0. The summed E-state index contributed by atoms with van der Waals surface area (Å²) >= 11 is 0. The van der Waals surface area contributed by atoms with E-state index in [-0.39, 0.29) is 0 Å². The van der Waals surface area contributed by atoms with Gasteiger partial charge in [0.2, 0.25) is 0 Å². The van der Waals surface area contributed by atoms with E-state index in [0.717, 1.165) is 18.4 Å². The van der Waals surface area contributed by atoms with E-state index < -0.39 is 0 Å². The molecule has 3 aromatic rings. The second-order valence-corrected chi connectivity index (χ2v) is 6.33. The summed E-state index contributed by atoms with van der Waals surface area (Å²) in [5, 5.41) is 9.01. The third-order valence-corrected chi connectivity index (χ3v) is 4.89. The molecule has 2 heterocycles. The zero-order valence-electron chi connectivity index (χ0n) is 13.5. The molecule has 0 saturated heterocycles. The Morgan fingerprint density at radius 2 is 1.88 bits per heavy atom. The van der Waals surface area contributed by atoms with Crippen molar-refractivity contribution < 1.29 is 0 Å². The van der Waals surface area contributed by atoms with Gasteiger partial charge in [0.1, 0.15) is 0 Å². The molecular weight excluding hydrogens is 294 g/mol. The Kier molecular flexibility index (Phi) is 3.88. The molecular formula is C21H19N3. The summed E-state index contributed by atoms with van der Waals surface area (Å²) in [5.41, 5.74) is 5.77. The fourth-order valence-electron chi connectivity index (χ4n) is 3.67. The van der Waals surface area contributed by atoms with E-state index in [4.69, 9.17) is 5.26 Å². The molecule has 3 heteroatoms. The molecule has 4 rings (SSSR count). The van der Waals surface area contributed by atoms with E-state index in [1.165, 1.54) is 29.7 Å². The molecule has 0 aliphatic carbocycles. The molecule has 0 amide bonds. The molecule has 1 unspecified atom stereocenters. The highest BCUT2D eigenvalue weighted by Gasteiger charge is 2.22. The van der Waals surface area contributed by atoms with Crippen LogP contribution in [-0.4, -0.2) is 9.55 Å². The summed E-state index contributed by atoms with van der Waals surface area (Å²) in [5.74, 6) is 0. The van der Waals surface area contributed by atoms with Crippen LogP contribution in [0.1, 0.15) is 42.1 Å². The maximum Gasteiger partial charge on any atom is 0.0991 e. The van der Waals surface area contributed by atoms with Crippen LogP contribution in [0.2, 0.25) is 0 Å². The van der Waals surface area contributed by atoms with Gasteiger partial charge in [-0.05, 0) is 48.1 Å². The van der Waals surface area contributed by atoms with Gasteiger partial charge in [-0.25, -0.2) is 4.98 Å². The van der Waals surface area contributed by atoms with Crippen molar-refractivity contribution in [2.24, 2.45) is 0 Å². The summed E-state index contributed by atoms with van der Waals surface area (Å²) in [4.78, 5) is 4.37. The number of hydrogen-bond acceptors (Lipinski definition) is 2. The Balaban J connectivity index is 1.81. The molecule has 118 valence electrons. The Bertz CT molecular complexity index is 884. The molecule has 0 bridgehead atoms. The molecule has 0 N–H and O–H groups in total. The number of aromatic nitrogens is 2. The lowest BCUT2D eigenvalue weighted by molar-refractivity contribution is 0.537. The van der Waals surface area contributed by atoms with Crippen LogP contribution in [0.5, 0.6) is 0 Å². The quantitative estimate of drug-likeness (QED) is 0.686. The van der Waals surface area contributed by atoms with Crippen molar-refractivity contribution in [1.82, 2.24) is 9.55 Å². The third-order valence-electron chi connectivity index (χ3n) is 4.89. The topological polar surface area (TPSA) is 41.6 Å². The maximum atomic E-state index is 9.01. The minimum absolute atomic E-state index is 0.330. The molecule has 3 nitrogen and oxygen atoms in total. The van der Waals surface area contributed by atoms with E-state index in [9.17, 15) is 0 Å². The van der Waals surface area contributed by atoms with E-state index in [0.29, 0.717) is 11.6 Å². The van der Waals surface area contributed by atoms with Gasteiger partial charge in [-0.1, -0.05) is 42.8 Å². The van der Waals surface area contributed by atoms with Crippen LogP contribution >= 0.6 is 0 Å². The second kappa shape index (κ2) is 6.33. The smallest absolute Gasteiger partial charge is 0.0991 e. The lowest BCUT2D eigenvalue weighted by atomic mass is 9.92. The van der Waals surface area contributed by atoms with Gasteiger partial charge in [0, 0.05) is 11.9 Å². The summed E-state index contributed by atoms with van der Waals surface area (Å²) in [6.07, 6.45) is 8.67. The Labute approximate surface area is 142 Å². The molecule has 0 fully saturated rings. The molecule has 0 radical (unpaired) electrons. The molecule has 24 heavy (non-hydrogen) atoms. The monoisotopic (exact) mass is 313 g/mol. The molecule has 1 aromatic heterocycles. The van der Waals surface area contributed by atoms with Crippen LogP contribution in [0, 0.1) is 11.3 Å². The minimum atomic E-state index is 0.330. The van der Waals surface area contributed by atoms with Crippen LogP contribution in [0.15, 0.2) is 61.1 Å². The summed E-state index contributed by atoms with van der Waals surface area (Å²) in [6.45, 7) is 0. The van der Waals surface area contributed by atoms with Crippen molar-refractivity contribution in [2.45, 2.75) is 31.7 Å². The van der Waals surface area contributed by atoms with E-state index in [1.807, 2.05) is 36.8 Å². The highest BCUT2D eigenvalue weighted by Crippen LogP contribution is 2.35. The lowest BCUT2D eigenvalue weighted by Crippen LogP contribution is -2.11. The minimum Gasteiger partial charge on any atom is -0.327 e. The van der Waals surface area contributed by atoms with Gasteiger partial charge in [0.05, 0.1) is 24.0 Å². The van der Waals surface area contributed by atoms with Crippen molar-refractivity contribution in [2.75, 3.05) is 0 Å². The Morgan fingerprint density at radius 1 is 1.04 bits per heavy atom. The first-order chi connectivity index (χ1) is 11.9. The zero-order chi connectivity index (χ0) is 16.4. The van der Waals surface area contributed by atoms with Gasteiger partial charge in [0.15, 0.2) is 0 Å². The fraction of sp³-hybridized carbons (Fsp3) is 0.238. The van der Waals surface area contributed by atoms with Crippen molar-refractivity contribution in [3.63, 3.8) is 0 Å². The largest absolute Gasteiger partial charge is 0.327 e. The predicted octanol–water partition coefficient (Wildman–Crippen LogP) is 4.74. The van der Waals surface area contributed by atoms with Crippen molar-refractivity contribution in [1.29, 1.82) is 5.26 Å². The van der Waals surface area contributed by atoms with Crippen LogP contribution in [0.3, 0.4) is 0 Å². The predicted molar refractivity (Wildman–Crippen MR) is 94.5 cm³/mol. The highest BCUT2D eigenvalue weighted by atomic mass is 15.1. The number of rotatable bonds is 2. The van der Waals surface area contributed by atoms with Crippen LogP contribution in [0.4, 0.5) is 0 Å². The number of nitrogens with zero attached hydrogens (tertiary/aromatic N) is 3. The number of hydrogen-bond donors (Lipinski definition) is 0. The number of aryl methyl sites for hydroxylation is 1.